The monoisotopic (exact) mass is 291 g/mol. The first-order valence-corrected chi connectivity index (χ1v) is 7.75. The number of hydrogen-bond acceptors (Lipinski definition) is 3. The summed E-state index contributed by atoms with van der Waals surface area (Å²) in [4.78, 5) is 12.2. The largest absolute Gasteiger partial charge is 0.493 e. The van der Waals surface area contributed by atoms with Gasteiger partial charge in [-0.3, -0.25) is 4.79 Å². The lowest BCUT2D eigenvalue weighted by Gasteiger charge is -2.13. The SMILES string of the molecule is COc1cccc(C(=O)NCCCC2CCCC2)c1OC. The zero-order valence-corrected chi connectivity index (χ0v) is 13.0. The molecule has 1 saturated carbocycles. The number of ether oxygens (including phenoxy) is 2. The molecule has 0 spiro atoms. The fraction of sp³-hybridized carbons (Fsp3) is 0.588. The van der Waals surface area contributed by atoms with Crippen LogP contribution in [0, 0.1) is 5.92 Å². The smallest absolute Gasteiger partial charge is 0.255 e. The number of amides is 1. The summed E-state index contributed by atoms with van der Waals surface area (Å²) in [6, 6.07) is 5.35. The van der Waals surface area contributed by atoms with Crippen molar-refractivity contribution < 1.29 is 14.3 Å². The molecule has 0 bridgehead atoms. The molecule has 0 aliphatic heterocycles. The lowest BCUT2D eigenvalue weighted by atomic mass is 10.0. The Labute approximate surface area is 126 Å². The Morgan fingerprint density at radius 2 is 2.00 bits per heavy atom. The number of carbonyl (C=O) groups is 1. The lowest BCUT2D eigenvalue weighted by molar-refractivity contribution is 0.0948. The maximum atomic E-state index is 12.2. The zero-order valence-electron chi connectivity index (χ0n) is 13.0. The van der Waals surface area contributed by atoms with Gasteiger partial charge in [0.05, 0.1) is 19.8 Å². The third kappa shape index (κ3) is 4.13. The summed E-state index contributed by atoms with van der Waals surface area (Å²) in [5.74, 6) is 1.84. The van der Waals surface area contributed by atoms with E-state index >= 15 is 0 Å². The highest BCUT2D eigenvalue weighted by Crippen LogP contribution is 2.31. The molecular formula is C17H25NO3. The Bertz CT molecular complexity index is 467. The Kier molecular flexibility index (Phi) is 5.90. The molecule has 1 amide bonds. The summed E-state index contributed by atoms with van der Waals surface area (Å²) in [6.07, 6.45) is 7.73. The first-order chi connectivity index (χ1) is 10.3. The standard InChI is InChI=1S/C17H25NO3/c1-20-15-11-5-10-14(16(15)21-2)17(19)18-12-6-9-13-7-3-4-8-13/h5,10-11,13H,3-4,6-9,12H2,1-2H3,(H,18,19). The molecule has 4 heteroatoms. The lowest BCUT2D eigenvalue weighted by Crippen LogP contribution is -2.25. The molecule has 1 fully saturated rings. The second-order valence-corrected chi connectivity index (χ2v) is 5.59. The molecule has 1 aliphatic carbocycles. The van der Waals surface area contributed by atoms with E-state index in [-0.39, 0.29) is 5.91 Å². The van der Waals surface area contributed by atoms with E-state index in [9.17, 15) is 4.79 Å². The van der Waals surface area contributed by atoms with E-state index in [0.29, 0.717) is 17.1 Å². The third-order valence-electron chi connectivity index (χ3n) is 4.20. The average Bonchev–Trinajstić information content (AvgIpc) is 3.03. The highest BCUT2D eigenvalue weighted by molar-refractivity contribution is 5.97. The first-order valence-electron chi connectivity index (χ1n) is 7.75. The number of rotatable bonds is 7. The van der Waals surface area contributed by atoms with E-state index in [0.717, 1.165) is 18.9 Å². The second kappa shape index (κ2) is 7.91. The molecule has 1 aromatic rings. The van der Waals surface area contributed by atoms with Crippen LogP contribution >= 0.6 is 0 Å². The normalized spacial score (nSPS) is 15.0. The number of carbonyl (C=O) groups excluding carboxylic acids is 1. The number of nitrogens with one attached hydrogen (secondary N) is 1. The highest BCUT2D eigenvalue weighted by atomic mass is 16.5. The summed E-state index contributed by atoms with van der Waals surface area (Å²) < 4.78 is 10.5. The Balaban J connectivity index is 1.85. The maximum absolute atomic E-state index is 12.2. The van der Waals surface area contributed by atoms with Gasteiger partial charge in [0.1, 0.15) is 0 Å². The van der Waals surface area contributed by atoms with Crippen LogP contribution in [0.4, 0.5) is 0 Å². The summed E-state index contributed by atoms with van der Waals surface area (Å²) in [5, 5.41) is 2.97. The van der Waals surface area contributed by atoms with Crippen molar-refractivity contribution in [3.63, 3.8) is 0 Å². The summed E-state index contributed by atoms with van der Waals surface area (Å²) in [6.45, 7) is 0.718. The van der Waals surface area contributed by atoms with Crippen molar-refractivity contribution in [1.82, 2.24) is 5.32 Å². The van der Waals surface area contributed by atoms with Crippen molar-refractivity contribution in [1.29, 1.82) is 0 Å². The highest BCUT2D eigenvalue weighted by Gasteiger charge is 2.17. The summed E-state index contributed by atoms with van der Waals surface area (Å²) in [5.41, 5.74) is 0.526. The number of hydrogen-bond donors (Lipinski definition) is 1. The molecule has 116 valence electrons. The molecule has 4 nitrogen and oxygen atoms in total. The van der Waals surface area contributed by atoms with Crippen LogP contribution in [0.5, 0.6) is 11.5 Å². The molecule has 1 aromatic carbocycles. The third-order valence-corrected chi connectivity index (χ3v) is 4.20. The van der Waals surface area contributed by atoms with Crippen LogP contribution in [-0.2, 0) is 0 Å². The van der Waals surface area contributed by atoms with E-state index in [1.165, 1.54) is 32.1 Å². The van der Waals surface area contributed by atoms with Crippen molar-refractivity contribution in [3.8, 4) is 11.5 Å². The molecule has 21 heavy (non-hydrogen) atoms. The van der Waals surface area contributed by atoms with Crippen LogP contribution in [-0.4, -0.2) is 26.7 Å². The zero-order chi connectivity index (χ0) is 15.1. The van der Waals surface area contributed by atoms with E-state index < -0.39 is 0 Å². The van der Waals surface area contributed by atoms with Gasteiger partial charge in [-0.25, -0.2) is 0 Å². The van der Waals surface area contributed by atoms with Crippen molar-refractivity contribution in [2.45, 2.75) is 38.5 Å². The van der Waals surface area contributed by atoms with Crippen molar-refractivity contribution in [3.05, 3.63) is 23.8 Å². The van der Waals surface area contributed by atoms with Crippen LogP contribution in [0.2, 0.25) is 0 Å². The molecule has 1 aliphatic rings. The topological polar surface area (TPSA) is 47.6 Å². The van der Waals surface area contributed by atoms with Crippen LogP contribution in [0.15, 0.2) is 18.2 Å². The van der Waals surface area contributed by atoms with Gasteiger partial charge >= 0.3 is 0 Å². The van der Waals surface area contributed by atoms with Gasteiger partial charge in [-0.2, -0.15) is 0 Å². The molecule has 2 rings (SSSR count). The fourth-order valence-electron chi connectivity index (χ4n) is 3.05. The molecule has 0 unspecified atom stereocenters. The Morgan fingerprint density at radius 3 is 2.67 bits per heavy atom. The minimum Gasteiger partial charge on any atom is -0.493 e. The van der Waals surface area contributed by atoms with Gasteiger partial charge in [-0.15, -0.1) is 0 Å². The average molecular weight is 291 g/mol. The van der Waals surface area contributed by atoms with Crippen LogP contribution in [0.3, 0.4) is 0 Å². The predicted octanol–water partition coefficient (Wildman–Crippen LogP) is 3.40. The molecule has 0 radical (unpaired) electrons. The Morgan fingerprint density at radius 1 is 1.24 bits per heavy atom. The van der Waals surface area contributed by atoms with Gasteiger partial charge in [-0.1, -0.05) is 31.7 Å². The quantitative estimate of drug-likeness (QED) is 0.783. The first kappa shape index (κ1) is 15.7. The number of para-hydroxylation sites is 1. The van der Waals surface area contributed by atoms with E-state index in [2.05, 4.69) is 5.32 Å². The molecule has 0 atom stereocenters. The summed E-state index contributed by atoms with van der Waals surface area (Å²) in [7, 11) is 3.12. The second-order valence-electron chi connectivity index (χ2n) is 5.59. The molecular weight excluding hydrogens is 266 g/mol. The minimum atomic E-state index is -0.0998. The predicted molar refractivity (Wildman–Crippen MR) is 83.1 cm³/mol. The fourth-order valence-corrected chi connectivity index (χ4v) is 3.05. The van der Waals surface area contributed by atoms with Gasteiger partial charge in [0.25, 0.3) is 5.91 Å². The molecule has 0 saturated heterocycles. The van der Waals surface area contributed by atoms with Crippen molar-refractivity contribution >= 4 is 5.91 Å². The summed E-state index contributed by atoms with van der Waals surface area (Å²) >= 11 is 0. The number of methoxy groups -OCH3 is 2. The van der Waals surface area contributed by atoms with Crippen molar-refractivity contribution in [2.24, 2.45) is 5.92 Å². The van der Waals surface area contributed by atoms with Crippen molar-refractivity contribution in [2.75, 3.05) is 20.8 Å². The molecule has 0 heterocycles. The maximum Gasteiger partial charge on any atom is 0.255 e. The number of benzene rings is 1. The van der Waals surface area contributed by atoms with Gasteiger partial charge < -0.3 is 14.8 Å². The van der Waals surface area contributed by atoms with Gasteiger partial charge in [-0.05, 0) is 30.9 Å². The molecule has 1 N–H and O–H groups in total. The Hall–Kier alpha value is -1.71. The van der Waals surface area contributed by atoms with E-state index in [4.69, 9.17) is 9.47 Å². The minimum absolute atomic E-state index is 0.0998. The van der Waals surface area contributed by atoms with Crippen LogP contribution in [0.25, 0.3) is 0 Å². The van der Waals surface area contributed by atoms with Gasteiger partial charge in [0.2, 0.25) is 0 Å². The molecule has 0 aromatic heterocycles. The van der Waals surface area contributed by atoms with Gasteiger partial charge in [0, 0.05) is 6.54 Å². The van der Waals surface area contributed by atoms with E-state index in [1.807, 2.05) is 0 Å². The van der Waals surface area contributed by atoms with Crippen LogP contribution in [0.1, 0.15) is 48.9 Å². The van der Waals surface area contributed by atoms with Gasteiger partial charge in [0.15, 0.2) is 11.5 Å². The van der Waals surface area contributed by atoms with Crippen LogP contribution < -0.4 is 14.8 Å². The van der Waals surface area contributed by atoms with E-state index in [1.54, 1.807) is 32.4 Å².